The molecule has 2 aromatic rings. The van der Waals surface area contributed by atoms with Crippen LogP contribution in [0.15, 0.2) is 30.5 Å². The first-order valence-electron chi connectivity index (χ1n) is 6.63. The molecule has 1 saturated carbocycles. The molecule has 1 heterocycles. The number of aliphatic carboxylic acids is 1. The quantitative estimate of drug-likeness (QED) is 0.885. The van der Waals surface area contributed by atoms with E-state index in [4.69, 9.17) is 5.11 Å². The number of nitrogens with zero attached hydrogens (tertiary/aromatic N) is 1. The molecule has 0 unspecified atom stereocenters. The second-order valence-electron chi connectivity index (χ2n) is 5.44. The van der Waals surface area contributed by atoms with Gasteiger partial charge in [-0.25, -0.2) is 0 Å². The normalized spacial score (nSPS) is 22.6. The number of carboxylic acids is 1. The molecule has 4 heteroatoms. The highest BCUT2D eigenvalue weighted by atomic mass is 16.4. The number of H-pyrrole nitrogens is 1. The summed E-state index contributed by atoms with van der Waals surface area (Å²) in [5.41, 5.74) is 2.43. The first-order valence-corrected chi connectivity index (χ1v) is 6.63. The minimum Gasteiger partial charge on any atom is -0.481 e. The number of carboxylic acid groups (broad SMARTS) is 1. The highest BCUT2D eigenvalue weighted by Crippen LogP contribution is 2.32. The second-order valence-corrected chi connectivity index (χ2v) is 5.44. The van der Waals surface area contributed by atoms with E-state index in [9.17, 15) is 4.79 Å². The molecule has 4 nitrogen and oxygen atoms in total. The van der Waals surface area contributed by atoms with E-state index >= 15 is 0 Å². The minimum absolute atomic E-state index is 0.143. The lowest BCUT2D eigenvalue weighted by Gasteiger charge is -2.39. The number of aromatic amines is 1. The van der Waals surface area contributed by atoms with Crippen molar-refractivity contribution in [3.05, 3.63) is 36.0 Å². The smallest absolute Gasteiger partial charge is 0.306 e. The summed E-state index contributed by atoms with van der Waals surface area (Å²) in [6, 6.07) is 8.66. The van der Waals surface area contributed by atoms with E-state index in [2.05, 4.69) is 35.3 Å². The zero-order valence-corrected chi connectivity index (χ0v) is 11.0. The van der Waals surface area contributed by atoms with Crippen LogP contribution in [0.3, 0.4) is 0 Å². The molecule has 1 aliphatic rings. The Hall–Kier alpha value is -1.81. The summed E-state index contributed by atoms with van der Waals surface area (Å²) in [5.74, 6) is -0.799. The van der Waals surface area contributed by atoms with Crippen molar-refractivity contribution in [1.82, 2.24) is 9.88 Å². The molecule has 1 aliphatic carbocycles. The highest BCUT2D eigenvalue weighted by Gasteiger charge is 2.36. The Morgan fingerprint density at radius 1 is 1.42 bits per heavy atom. The summed E-state index contributed by atoms with van der Waals surface area (Å²) >= 11 is 0. The van der Waals surface area contributed by atoms with Crippen LogP contribution >= 0.6 is 0 Å². The van der Waals surface area contributed by atoms with Crippen molar-refractivity contribution in [1.29, 1.82) is 0 Å². The van der Waals surface area contributed by atoms with E-state index in [0.717, 1.165) is 24.9 Å². The van der Waals surface area contributed by atoms with Gasteiger partial charge in [0.05, 0.1) is 5.92 Å². The van der Waals surface area contributed by atoms with Crippen LogP contribution in [0.25, 0.3) is 10.9 Å². The lowest BCUT2D eigenvalue weighted by atomic mass is 9.79. The van der Waals surface area contributed by atoms with Crippen LogP contribution in [0, 0.1) is 5.92 Å². The maximum absolute atomic E-state index is 10.8. The number of benzene rings is 1. The molecule has 0 amide bonds. The van der Waals surface area contributed by atoms with Gasteiger partial charge in [0.25, 0.3) is 0 Å². The summed E-state index contributed by atoms with van der Waals surface area (Å²) in [7, 11) is 2.07. The number of aromatic nitrogens is 1. The van der Waals surface area contributed by atoms with Crippen molar-refractivity contribution in [2.24, 2.45) is 5.92 Å². The van der Waals surface area contributed by atoms with Crippen LogP contribution in [-0.4, -0.2) is 34.0 Å². The van der Waals surface area contributed by atoms with Gasteiger partial charge in [-0.05, 0) is 31.5 Å². The monoisotopic (exact) mass is 258 g/mol. The standard InChI is InChI=1S/C15H18N2O2/c1-17(12-6-10(7-12)15(18)19)9-11-8-16-14-5-3-2-4-13(11)14/h2-5,8,10,12,16H,6-7,9H2,1H3,(H,18,19). The molecule has 100 valence electrons. The molecule has 3 rings (SSSR count). The van der Waals surface area contributed by atoms with E-state index in [1.54, 1.807) is 0 Å². The fourth-order valence-electron chi connectivity index (χ4n) is 2.81. The molecule has 0 atom stereocenters. The number of nitrogens with one attached hydrogen (secondary N) is 1. The Balaban J connectivity index is 1.67. The molecular formula is C15H18N2O2. The van der Waals surface area contributed by atoms with Gasteiger partial charge in [0.15, 0.2) is 0 Å². The fourth-order valence-corrected chi connectivity index (χ4v) is 2.81. The lowest BCUT2D eigenvalue weighted by molar-refractivity contribution is -0.146. The molecule has 2 N–H and O–H groups in total. The summed E-state index contributed by atoms with van der Waals surface area (Å²) < 4.78 is 0. The third kappa shape index (κ3) is 2.24. The van der Waals surface area contributed by atoms with Gasteiger partial charge in [-0.15, -0.1) is 0 Å². The Morgan fingerprint density at radius 2 is 2.16 bits per heavy atom. The van der Waals surface area contributed by atoms with Gasteiger partial charge in [-0.3, -0.25) is 9.69 Å². The number of rotatable bonds is 4. The van der Waals surface area contributed by atoms with E-state index in [0.29, 0.717) is 6.04 Å². The minimum atomic E-state index is -0.656. The third-order valence-corrected chi connectivity index (χ3v) is 4.18. The van der Waals surface area contributed by atoms with Crippen LogP contribution in [0.4, 0.5) is 0 Å². The summed E-state index contributed by atoms with van der Waals surface area (Å²) in [6.45, 7) is 0.862. The van der Waals surface area contributed by atoms with E-state index in [1.165, 1.54) is 10.9 Å². The molecular weight excluding hydrogens is 240 g/mol. The molecule has 0 saturated heterocycles. The van der Waals surface area contributed by atoms with Crippen molar-refractivity contribution in [2.45, 2.75) is 25.4 Å². The van der Waals surface area contributed by atoms with Crippen molar-refractivity contribution in [3.63, 3.8) is 0 Å². The first kappa shape index (κ1) is 12.2. The zero-order chi connectivity index (χ0) is 13.4. The maximum atomic E-state index is 10.8. The predicted molar refractivity (Wildman–Crippen MR) is 73.9 cm³/mol. The molecule has 19 heavy (non-hydrogen) atoms. The van der Waals surface area contributed by atoms with Gasteiger partial charge in [0, 0.05) is 29.7 Å². The molecule has 0 spiro atoms. The van der Waals surface area contributed by atoms with Gasteiger partial charge < -0.3 is 10.1 Å². The molecule has 0 radical (unpaired) electrons. The fraction of sp³-hybridized carbons (Fsp3) is 0.400. The van der Waals surface area contributed by atoms with Gasteiger partial charge in [-0.1, -0.05) is 18.2 Å². The topological polar surface area (TPSA) is 56.3 Å². The van der Waals surface area contributed by atoms with Gasteiger partial charge >= 0.3 is 5.97 Å². The van der Waals surface area contributed by atoms with Gasteiger partial charge in [0.2, 0.25) is 0 Å². The van der Waals surface area contributed by atoms with Crippen LogP contribution in [0.1, 0.15) is 18.4 Å². The third-order valence-electron chi connectivity index (χ3n) is 4.18. The van der Waals surface area contributed by atoms with E-state index in [-0.39, 0.29) is 5.92 Å². The summed E-state index contributed by atoms with van der Waals surface area (Å²) in [6.07, 6.45) is 3.59. The van der Waals surface area contributed by atoms with Crippen molar-refractivity contribution in [3.8, 4) is 0 Å². The summed E-state index contributed by atoms with van der Waals surface area (Å²) in [4.78, 5) is 16.4. The second kappa shape index (κ2) is 4.70. The van der Waals surface area contributed by atoms with Crippen LogP contribution in [0.2, 0.25) is 0 Å². The Labute approximate surface area is 112 Å². The molecule has 0 bridgehead atoms. The molecule has 1 aromatic heterocycles. The largest absolute Gasteiger partial charge is 0.481 e. The number of hydrogen-bond donors (Lipinski definition) is 2. The Morgan fingerprint density at radius 3 is 2.89 bits per heavy atom. The average Bonchev–Trinajstić information content (AvgIpc) is 2.70. The van der Waals surface area contributed by atoms with Gasteiger partial charge in [-0.2, -0.15) is 0 Å². The number of fused-ring (bicyclic) bond motifs is 1. The van der Waals surface area contributed by atoms with Crippen molar-refractivity contribution >= 4 is 16.9 Å². The molecule has 1 fully saturated rings. The van der Waals surface area contributed by atoms with Gasteiger partial charge in [0.1, 0.15) is 0 Å². The Kier molecular flexibility index (Phi) is 3.03. The van der Waals surface area contributed by atoms with Crippen molar-refractivity contribution in [2.75, 3.05) is 7.05 Å². The Bertz CT molecular complexity index is 599. The van der Waals surface area contributed by atoms with E-state index < -0.39 is 5.97 Å². The number of hydrogen-bond acceptors (Lipinski definition) is 2. The maximum Gasteiger partial charge on any atom is 0.306 e. The molecule has 1 aromatic carbocycles. The number of carbonyl (C=O) groups is 1. The summed E-state index contributed by atoms with van der Waals surface area (Å²) in [5, 5.41) is 10.2. The lowest BCUT2D eigenvalue weighted by Crippen LogP contribution is -2.44. The first-order chi connectivity index (χ1) is 9.15. The zero-order valence-electron chi connectivity index (χ0n) is 11.0. The van der Waals surface area contributed by atoms with Crippen LogP contribution in [0.5, 0.6) is 0 Å². The predicted octanol–water partition coefficient (Wildman–Crippen LogP) is 2.46. The van der Waals surface area contributed by atoms with Crippen LogP contribution < -0.4 is 0 Å². The highest BCUT2D eigenvalue weighted by molar-refractivity contribution is 5.83. The van der Waals surface area contributed by atoms with E-state index in [1.807, 2.05) is 12.1 Å². The molecule has 0 aliphatic heterocycles. The number of para-hydroxylation sites is 1. The average molecular weight is 258 g/mol. The van der Waals surface area contributed by atoms with Crippen LogP contribution in [-0.2, 0) is 11.3 Å². The van der Waals surface area contributed by atoms with Crippen molar-refractivity contribution < 1.29 is 9.90 Å². The SMILES string of the molecule is CN(Cc1c[nH]c2ccccc12)C1CC(C(=O)O)C1.